The van der Waals surface area contributed by atoms with Crippen LogP contribution in [0.4, 0.5) is 0 Å². The van der Waals surface area contributed by atoms with Crippen molar-refractivity contribution in [3.8, 4) is 0 Å². The molecule has 1 fully saturated rings. The quantitative estimate of drug-likeness (QED) is 0.267. The van der Waals surface area contributed by atoms with Gasteiger partial charge in [-0.2, -0.15) is 0 Å². The number of aliphatic hydroxyl groups is 1. The van der Waals surface area contributed by atoms with Crippen molar-refractivity contribution in [1.82, 2.24) is 0 Å². The van der Waals surface area contributed by atoms with Crippen LogP contribution >= 0.6 is 0 Å². The summed E-state index contributed by atoms with van der Waals surface area (Å²) in [6.07, 6.45) is 15.3. The van der Waals surface area contributed by atoms with Crippen molar-refractivity contribution < 1.29 is 5.11 Å². The van der Waals surface area contributed by atoms with E-state index >= 15 is 0 Å². The first-order chi connectivity index (χ1) is 14.8. The van der Waals surface area contributed by atoms with Crippen LogP contribution in [0.25, 0.3) is 0 Å². The summed E-state index contributed by atoms with van der Waals surface area (Å²) in [5.74, 6) is 3.30. The van der Waals surface area contributed by atoms with E-state index in [0.29, 0.717) is 18.4 Å². The summed E-state index contributed by atoms with van der Waals surface area (Å²) >= 11 is 0. The molecule has 2 nitrogen and oxygen atoms in total. The second-order valence-electron chi connectivity index (χ2n) is 10.7. The first kappa shape index (κ1) is 26.1. The lowest BCUT2D eigenvalue weighted by Gasteiger charge is -2.38. The molecule has 0 heterocycles. The van der Waals surface area contributed by atoms with Crippen LogP contribution < -0.4 is 0 Å². The maximum Gasteiger partial charge on any atom is 0.0597 e. The molecule has 2 heteroatoms. The number of nitrogens with one attached hydrogen (secondary N) is 1. The Labute approximate surface area is 192 Å². The number of aliphatic hydroxyl groups excluding tert-OH is 1. The van der Waals surface area contributed by atoms with E-state index in [1.807, 2.05) is 0 Å². The molecular formula is C29H49NO. The Morgan fingerprint density at radius 1 is 1.16 bits per heavy atom. The third kappa shape index (κ3) is 7.45. The number of rotatable bonds is 10. The lowest BCUT2D eigenvalue weighted by Crippen LogP contribution is -2.28. The normalized spacial score (nSPS) is 25.8. The zero-order chi connectivity index (χ0) is 23.0. The number of hydrogen-bond acceptors (Lipinski definition) is 2. The molecule has 0 aliphatic heterocycles. The first-order valence-electron chi connectivity index (χ1n) is 13.0. The smallest absolute Gasteiger partial charge is 0.0597 e. The van der Waals surface area contributed by atoms with Crippen molar-refractivity contribution in [3.63, 3.8) is 0 Å². The molecule has 176 valence electrons. The second kappa shape index (κ2) is 12.8. The Kier molecular flexibility index (Phi) is 10.8. The highest BCUT2D eigenvalue weighted by atomic mass is 16.3. The molecule has 31 heavy (non-hydrogen) atoms. The fourth-order valence-corrected chi connectivity index (χ4v) is 6.19. The van der Waals surface area contributed by atoms with Gasteiger partial charge >= 0.3 is 0 Å². The topological polar surface area (TPSA) is 44.1 Å². The van der Waals surface area contributed by atoms with Crippen molar-refractivity contribution in [2.45, 2.75) is 105 Å². The summed E-state index contributed by atoms with van der Waals surface area (Å²) in [7, 11) is 0. The third-order valence-corrected chi connectivity index (χ3v) is 8.52. The van der Waals surface area contributed by atoms with Gasteiger partial charge in [0.15, 0.2) is 0 Å². The largest absolute Gasteiger partial charge is 0.396 e. The van der Waals surface area contributed by atoms with Gasteiger partial charge in [-0.1, -0.05) is 70.3 Å². The van der Waals surface area contributed by atoms with E-state index in [-0.39, 0.29) is 0 Å². The molecule has 0 bridgehead atoms. The average molecular weight is 428 g/mol. The van der Waals surface area contributed by atoms with Crippen molar-refractivity contribution in [1.29, 1.82) is 5.41 Å². The lowest BCUT2D eigenvalue weighted by molar-refractivity contribution is 0.122. The molecule has 5 unspecified atom stereocenters. The molecule has 0 saturated heterocycles. The van der Waals surface area contributed by atoms with Gasteiger partial charge in [0.05, 0.1) is 5.71 Å². The molecule has 0 radical (unpaired) electrons. The van der Waals surface area contributed by atoms with Crippen molar-refractivity contribution in [3.05, 3.63) is 34.9 Å². The van der Waals surface area contributed by atoms with Crippen LogP contribution in [0.1, 0.15) is 105 Å². The molecule has 0 aromatic heterocycles. The highest BCUT2D eigenvalue weighted by molar-refractivity contribution is 6.10. The van der Waals surface area contributed by atoms with E-state index in [4.69, 9.17) is 5.41 Å². The van der Waals surface area contributed by atoms with E-state index in [9.17, 15) is 5.11 Å². The van der Waals surface area contributed by atoms with Gasteiger partial charge in [-0.3, -0.25) is 0 Å². The van der Waals surface area contributed by atoms with Gasteiger partial charge in [0, 0.05) is 6.61 Å². The van der Waals surface area contributed by atoms with Gasteiger partial charge in [-0.05, 0) is 99.5 Å². The predicted octanol–water partition coefficient (Wildman–Crippen LogP) is 8.28. The number of allylic oxidation sites excluding steroid dienone is 5. The Morgan fingerprint density at radius 3 is 2.58 bits per heavy atom. The van der Waals surface area contributed by atoms with Crippen LogP contribution in [0.5, 0.6) is 0 Å². The maximum absolute atomic E-state index is 9.39. The van der Waals surface area contributed by atoms with Gasteiger partial charge in [-0.15, -0.1) is 0 Å². The molecule has 1 saturated carbocycles. The predicted molar refractivity (Wildman–Crippen MR) is 136 cm³/mol. The van der Waals surface area contributed by atoms with E-state index in [1.165, 1.54) is 55.2 Å². The van der Waals surface area contributed by atoms with Crippen LogP contribution in [0.2, 0.25) is 0 Å². The molecule has 0 aromatic carbocycles. The third-order valence-electron chi connectivity index (χ3n) is 8.52. The monoisotopic (exact) mass is 427 g/mol. The fraction of sp³-hybridized carbons (Fsp3) is 0.759. The summed E-state index contributed by atoms with van der Waals surface area (Å²) in [6, 6.07) is 0. The number of hydrogen-bond donors (Lipinski definition) is 2. The van der Waals surface area contributed by atoms with Crippen LogP contribution in [0.15, 0.2) is 34.9 Å². The van der Waals surface area contributed by atoms with Crippen LogP contribution in [-0.4, -0.2) is 17.4 Å². The molecule has 5 atom stereocenters. The fourth-order valence-electron chi connectivity index (χ4n) is 6.19. The van der Waals surface area contributed by atoms with E-state index in [1.54, 1.807) is 0 Å². The minimum Gasteiger partial charge on any atom is -0.396 e. The standard InChI is InChI=1S/C29H49NO/c1-7-28(22(4)16-17-31)27-13-9-11-25(19-27)18-23(5)24(6)29(30)26-12-8-10-20(2)21(3)14-15-26/h15,22-23,25,27-28,30-31H,6-14,16-19H2,1-5H3. The van der Waals surface area contributed by atoms with Crippen molar-refractivity contribution in [2.75, 3.05) is 6.61 Å². The van der Waals surface area contributed by atoms with Crippen LogP contribution in [0.3, 0.4) is 0 Å². The minimum atomic E-state index is 0.317. The van der Waals surface area contributed by atoms with Gasteiger partial charge in [0.25, 0.3) is 0 Å². The molecular weight excluding hydrogens is 378 g/mol. The molecule has 2 N–H and O–H groups in total. The second-order valence-corrected chi connectivity index (χ2v) is 10.7. The zero-order valence-corrected chi connectivity index (χ0v) is 21.1. The summed E-state index contributed by atoms with van der Waals surface area (Å²) in [5.41, 5.74) is 5.98. The molecule has 0 aromatic rings. The Bertz CT molecular complexity index is 670. The first-order valence-corrected chi connectivity index (χ1v) is 13.0. The summed E-state index contributed by atoms with van der Waals surface area (Å²) in [6.45, 7) is 16.2. The van der Waals surface area contributed by atoms with E-state index < -0.39 is 0 Å². The zero-order valence-electron chi connectivity index (χ0n) is 21.1. The lowest BCUT2D eigenvalue weighted by atomic mass is 9.68. The van der Waals surface area contributed by atoms with E-state index in [2.05, 4.69) is 47.3 Å². The SMILES string of the molecule is C=C(C(=N)C1=CCC(C)=C(C)CCC1)C(C)CC1CCCC(C(CC)C(C)CCO)C1. The Hall–Kier alpha value is -1.15. The maximum atomic E-state index is 9.39. The summed E-state index contributed by atoms with van der Waals surface area (Å²) in [5, 5.41) is 18.2. The average Bonchev–Trinajstić information content (AvgIpc) is 2.74. The van der Waals surface area contributed by atoms with Crippen LogP contribution in [0, 0.1) is 35.0 Å². The summed E-state index contributed by atoms with van der Waals surface area (Å²) < 4.78 is 0. The Morgan fingerprint density at radius 2 is 1.90 bits per heavy atom. The highest BCUT2D eigenvalue weighted by Gasteiger charge is 2.31. The minimum absolute atomic E-state index is 0.317. The highest BCUT2D eigenvalue weighted by Crippen LogP contribution is 2.42. The van der Waals surface area contributed by atoms with Crippen molar-refractivity contribution in [2.24, 2.45) is 29.6 Å². The Balaban J connectivity index is 1.96. The molecule has 2 aliphatic carbocycles. The van der Waals surface area contributed by atoms with Gasteiger partial charge in [0.1, 0.15) is 0 Å². The molecule has 0 spiro atoms. The van der Waals surface area contributed by atoms with Crippen molar-refractivity contribution >= 4 is 5.71 Å². The molecule has 2 aliphatic rings. The molecule has 0 amide bonds. The van der Waals surface area contributed by atoms with Crippen LogP contribution in [-0.2, 0) is 0 Å². The molecule has 2 rings (SSSR count). The van der Waals surface area contributed by atoms with E-state index in [0.717, 1.165) is 61.1 Å². The van der Waals surface area contributed by atoms with Gasteiger partial charge in [0.2, 0.25) is 0 Å². The van der Waals surface area contributed by atoms with Gasteiger partial charge < -0.3 is 10.5 Å². The van der Waals surface area contributed by atoms with Gasteiger partial charge in [-0.25, -0.2) is 0 Å². The summed E-state index contributed by atoms with van der Waals surface area (Å²) in [4.78, 5) is 0.